The molecule has 1 fully saturated rings. The Morgan fingerprint density at radius 3 is 2.53 bits per heavy atom. The highest BCUT2D eigenvalue weighted by Crippen LogP contribution is 2.06. The van der Waals surface area contributed by atoms with Crippen LogP contribution in [0, 0.1) is 0 Å². The van der Waals surface area contributed by atoms with E-state index in [0.717, 1.165) is 36.6 Å². The molecule has 17 heavy (non-hydrogen) atoms. The number of aromatic carboxylic acids is 1. The third-order valence-electron chi connectivity index (χ3n) is 2.79. The predicted molar refractivity (Wildman–Crippen MR) is 59.1 cm³/mol. The van der Waals surface area contributed by atoms with E-state index in [0.29, 0.717) is 0 Å². The Morgan fingerprint density at radius 1 is 1.35 bits per heavy atom. The van der Waals surface area contributed by atoms with Gasteiger partial charge in [0.15, 0.2) is 0 Å². The average molecular weight is 239 g/mol. The number of hydrogen-bond donors (Lipinski definition) is 2. The van der Waals surface area contributed by atoms with Crippen LogP contribution in [0.4, 0.5) is 0 Å². The minimum absolute atomic E-state index is 0.216. The van der Waals surface area contributed by atoms with Gasteiger partial charge < -0.3 is 10.1 Å². The van der Waals surface area contributed by atoms with Gasteiger partial charge in [-0.25, -0.2) is 14.2 Å². The number of nitrogens with zero attached hydrogens (tertiary/aromatic N) is 2. The Hall–Kier alpha value is -1.89. The van der Waals surface area contributed by atoms with Crippen LogP contribution in [0.2, 0.25) is 0 Å². The Labute approximate surface area is 96.3 Å². The van der Waals surface area contributed by atoms with Crippen LogP contribution >= 0.6 is 0 Å². The van der Waals surface area contributed by atoms with E-state index in [1.54, 1.807) is 0 Å². The topological polar surface area (TPSA) is 95.4 Å². The number of aromatic nitrogens is 2. The lowest BCUT2D eigenvalue weighted by molar-refractivity contribution is 0.0689. The second-order valence-electron chi connectivity index (χ2n) is 4.03. The summed E-state index contributed by atoms with van der Waals surface area (Å²) >= 11 is 0. The molecule has 0 spiro atoms. The maximum atomic E-state index is 11.6. The number of aromatic amines is 1. The molecule has 0 aliphatic carbocycles. The molecule has 0 aromatic carbocycles. The van der Waals surface area contributed by atoms with Gasteiger partial charge in [0.1, 0.15) is 5.69 Å². The summed E-state index contributed by atoms with van der Waals surface area (Å²) in [4.78, 5) is 38.0. The van der Waals surface area contributed by atoms with Crippen molar-refractivity contribution >= 4 is 5.97 Å². The lowest BCUT2D eigenvalue weighted by Crippen LogP contribution is -2.41. The molecule has 0 atom stereocenters. The van der Waals surface area contributed by atoms with Crippen molar-refractivity contribution in [2.75, 3.05) is 13.1 Å². The molecule has 92 valence electrons. The third kappa shape index (κ3) is 2.44. The molecular formula is C10H13N3O4. The van der Waals surface area contributed by atoms with Gasteiger partial charge in [0.25, 0.3) is 5.56 Å². The SMILES string of the molecule is O=C(O)c1cc(=O)n(CN2CCCC2)c(=O)[nH]1. The Morgan fingerprint density at radius 2 is 2.00 bits per heavy atom. The van der Waals surface area contributed by atoms with Crippen LogP contribution in [0.3, 0.4) is 0 Å². The number of nitrogens with one attached hydrogen (secondary N) is 1. The third-order valence-corrected chi connectivity index (χ3v) is 2.79. The van der Waals surface area contributed by atoms with E-state index in [2.05, 4.69) is 4.98 Å². The van der Waals surface area contributed by atoms with Crippen LogP contribution in [-0.2, 0) is 6.67 Å². The Bertz CT molecular complexity index is 508. The largest absolute Gasteiger partial charge is 0.477 e. The molecule has 2 rings (SSSR count). The van der Waals surface area contributed by atoms with Crippen LogP contribution in [0.25, 0.3) is 0 Å². The Balaban J connectivity index is 2.31. The monoisotopic (exact) mass is 239 g/mol. The highest BCUT2D eigenvalue weighted by atomic mass is 16.4. The molecule has 0 amide bonds. The first-order valence-electron chi connectivity index (χ1n) is 5.38. The molecule has 7 nitrogen and oxygen atoms in total. The highest BCUT2D eigenvalue weighted by molar-refractivity contribution is 5.84. The van der Waals surface area contributed by atoms with Gasteiger partial charge in [-0.15, -0.1) is 0 Å². The highest BCUT2D eigenvalue weighted by Gasteiger charge is 2.15. The second kappa shape index (κ2) is 4.54. The van der Waals surface area contributed by atoms with Crippen molar-refractivity contribution in [2.24, 2.45) is 0 Å². The Kier molecular flexibility index (Phi) is 3.10. The molecule has 0 saturated carbocycles. The van der Waals surface area contributed by atoms with E-state index < -0.39 is 17.2 Å². The summed E-state index contributed by atoms with van der Waals surface area (Å²) in [5.41, 5.74) is -1.64. The first-order chi connectivity index (χ1) is 8.08. The zero-order valence-electron chi connectivity index (χ0n) is 9.18. The molecule has 1 saturated heterocycles. The molecule has 2 heterocycles. The van der Waals surface area contributed by atoms with Crippen molar-refractivity contribution in [3.8, 4) is 0 Å². The average Bonchev–Trinajstić information content (AvgIpc) is 2.75. The second-order valence-corrected chi connectivity index (χ2v) is 4.03. The van der Waals surface area contributed by atoms with E-state index in [1.165, 1.54) is 0 Å². The molecule has 0 unspecified atom stereocenters. The van der Waals surface area contributed by atoms with Crippen LogP contribution in [0.1, 0.15) is 23.3 Å². The van der Waals surface area contributed by atoms with Gasteiger partial charge in [-0.05, 0) is 25.9 Å². The van der Waals surface area contributed by atoms with E-state index in [4.69, 9.17) is 5.11 Å². The quantitative estimate of drug-likeness (QED) is 0.726. The molecule has 7 heteroatoms. The number of carboxylic acids is 1. The van der Waals surface area contributed by atoms with E-state index in [9.17, 15) is 14.4 Å². The van der Waals surface area contributed by atoms with Crippen molar-refractivity contribution < 1.29 is 9.90 Å². The zero-order valence-corrected chi connectivity index (χ0v) is 9.18. The molecule has 1 aliphatic heterocycles. The number of carbonyl (C=O) groups is 1. The fourth-order valence-electron chi connectivity index (χ4n) is 1.89. The summed E-state index contributed by atoms with van der Waals surface area (Å²) in [5, 5.41) is 8.68. The molecule has 2 N–H and O–H groups in total. The smallest absolute Gasteiger partial charge is 0.352 e. The summed E-state index contributed by atoms with van der Waals surface area (Å²) in [5.74, 6) is -1.31. The maximum absolute atomic E-state index is 11.6. The van der Waals surface area contributed by atoms with E-state index in [-0.39, 0.29) is 12.4 Å². The normalized spacial score (nSPS) is 16.2. The lowest BCUT2D eigenvalue weighted by atomic mass is 10.4. The molecule has 0 radical (unpaired) electrons. The van der Waals surface area contributed by atoms with Crippen LogP contribution in [0.15, 0.2) is 15.7 Å². The van der Waals surface area contributed by atoms with Crippen molar-refractivity contribution in [2.45, 2.75) is 19.5 Å². The van der Waals surface area contributed by atoms with Crippen LogP contribution < -0.4 is 11.2 Å². The van der Waals surface area contributed by atoms with Crippen LogP contribution in [0.5, 0.6) is 0 Å². The van der Waals surface area contributed by atoms with Gasteiger partial charge in [0.05, 0.1) is 6.67 Å². The molecule has 0 bridgehead atoms. The predicted octanol–water partition coefficient (Wildman–Crippen LogP) is -0.712. The minimum atomic E-state index is -1.31. The van der Waals surface area contributed by atoms with Crippen molar-refractivity contribution in [1.29, 1.82) is 0 Å². The standard InChI is InChI=1S/C10H13N3O4/c14-8-5-7(9(15)16)11-10(17)13(8)6-12-3-1-2-4-12/h5H,1-4,6H2,(H,11,17)(H,15,16). The summed E-state index contributed by atoms with van der Waals surface area (Å²) in [6.45, 7) is 1.92. The van der Waals surface area contributed by atoms with Gasteiger partial charge in [-0.1, -0.05) is 0 Å². The first-order valence-corrected chi connectivity index (χ1v) is 5.38. The van der Waals surface area contributed by atoms with Gasteiger partial charge in [-0.2, -0.15) is 0 Å². The van der Waals surface area contributed by atoms with Crippen LogP contribution in [-0.4, -0.2) is 38.6 Å². The number of H-pyrrole nitrogens is 1. The van der Waals surface area contributed by atoms with Crippen molar-refractivity contribution in [3.05, 3.63) is 32.6 Å². The summed E-state index contributed by atoms with van der Waals surface area (Å²) < 4.78 is 1.01. The first kappa shape index (κ1) is 11.6. The molecule has 1 aromatic rings. The molecule has 1 aliphatic rings. The van der Waals surface area contributed by atoms with Gasteiger partial charge in [0.2, 0.25) is 0 Å². The minimum Gasteiger partial charge on any atom is -0.477 e. The van der Waals surface area contributed by atoms with Crippen molar-refractivity contribution in [3.63, 3.8) is 0 Å². The van der Waals surface area contributed by atoms with Gasteiger partial charge in [0, 0.05) is 6.07 Å². The van der Waals surface area contributed by atoms with Gasteiger partial charge in [-0.3, -0.25) is 9.69 Å². The maximum Gasteiger partial charge on any atom is 0.352 e. The number of rotatable bonds is 3. The van der Waals surface area contributed by atoms with Crippen molar-refractivity contribution in [1.82, 2.24) is 14.5 Å². The molecular weight excluding hydrogens is 226 g/mol. The number of hydrogen-bond acceptors (Lipinski definition) is 4. The zero-order chi connectivity index (χ0) is 12.4. The number of likely N-dealkylation sites (tertiary alicyclic amines) is 1. The number of carboxylic acid groups (broad SMARTS) is 1. The van der Waals surface area contributed by atoms with E-state index >= 15 is 0 Å². The molecule has 1 aromatic heterocycles. The summed E-state index contributed by atoms with van der Waals surface area (Å²) in [7, 11) is 0. The summed E-state index contributed by atoms with van der Waals surface area (Å²) in [6.07, 6.45) is 2.11. The lowest BCUT2D eigenvalue weighted by Gasteiger charge is -2.15. The van der Waals surface area contributed by atoms with Gasteiger partial charge >= 0.3 is 11.7 Å². The fourth-order valence-corrected chi connectivity index (χ4v) is 1.89. The summed E-state index contributed by atoms with van der Waals surface area (Å²) in [6, 6.07) is 0.930. The fraction of sp³-hybridized carbons (Fsp3) is 0.500. The van der Waals surface area contributed by atoms with E-state index in [1.807, 2.05) is 4.90 Å².